The minimum Gasteiger partial charge on any atom is -0.351 e. The van der Waals surface area contributed by atoms with E-state index in [1.54, 1.807) is 4.90 Å². The molecule has 1 saturated heterocycles. The second-order valence-electron chi connectivity index (χ2n) is 7.37. The average molecular weight is 458 g/mol. The first-order valence-electron chi connectivity index (χ1n) is 9.82. The second kappa shape index (κ2) is 7.90. The van der Waals surface area contributed by atoms with Crippen molar-refractivity contribution in [2.24, 2.45) is 0 Å². The fourth-order valence-electron chi connectivity index (χ4n) is 3.86. The molecule has 0 atom stereocenters. The lowest BCUT2D eigenvalue weighted by Gasteiger charge is -2.35. The summed E-state index contributed by atoms with van der Waals surface area (Å²) in [5, 5.41) is 3.39. The van der Waals surface area contributed by atoms with Crippen molar-refractivity contribution in [1.29, 1.82) is 0 Å². The summed E-state index contributed by atoms with van der Waals surface area (Å²) >= 11 is 12.0. The molecule has 0 saturated carbocycles. The summed E-state index contributed by atoms with van der Waals surface area (Å²) in [6.45, 7) is 2.33. The Kier molecular flexibility index (Phi) is 5.08. The van der Waals surface area contributed by atoms with E-state index < -0.39 is 5.82 Å². The van der Waals surface area contributed by atoms with E-state index >= 15 is 0 Å². The lowest BCUT2D eigenvalue weighted by molar-refractivity contribution is 0.208. The summed E-state index contributed by atoms with van der Waals surface area (Å²) in [6.07, 6.45) is 2.01. The van der Waals surface area contributed by atoms with E-state index in [0.717, 1.165) is 22.4 Å². The van der Waals surface area contributed by atoms with E-state index in [0.29, 0.717) is 36.9 Å². The number of aromatic nitrogens is 2. The SMILES string of the molecule is O=C(Nc1ccc(F)c(Cl)c1)N1CCN(c2nc3cc(Cl)ccc3n3cccc23)CC1. The third-order valence-corrected chi connectivity index (χ3v) is 5.96. The van der Waals surface area contributed by atoms with Crippen molar-refractivity contribution in [1.82, 2.24) is 14.3 Å². The zero-order valence-electron chi connectivity index (χ0n) is 16.4. The third-order valence-electron chi connectivity index (χ3n) is 5.44. The van der Waals surface area contributed by atoms with Crippen molar-refractivity contribution in [3.05, 3.63) is 70.6 Å². The van der Waals surface area contributed by atoms with Gasteiger partial charge in [-0.3, -0.25) is 0 Å². The van der Waals surface area contributed by atoms with Crippen LogP contribution >= 0.6 is 23.2 Å². The number of hydrogen-bond acceptors (Lipinski definition) is 3. The Morgan fingerprint density at radius 3 is 2.58 bits per heavy atom. The van der Waals surface area contributed by atoms with E-state index in [2.05, 4.69) is 14.6 Å². The van der Waals surface area contributed by atoms with Gasteiger partial charge in [-0.1, -0.05) is 23.2 Å². The number of carbonyl (C=O) groups excluding carboxylic acids is 1. The molecule has 1 aliphatic rings. The van der Waals surface area contributed by atoms with E-state index in [-0.39, 0.29) is 11.1 Å². The Balaban J connectivity index is 1.34. The quantitative estimate of drug-likeness (QED) is 0.444. The fourth-order valence-corrected chi connectivity index (χ4v) is 4.21. The molecular formula is C22H18Cl2FN5O. The van der Waals surface area contributed by atoms with Crippen LogP contribution in [-0.4, -0.2) is 46.5 Å². The Morgan fingerprint density at radius 1 is 1.00 bits per heavy atom. The number of benzene rings is 2. The Bertz CT molecular complexity index is 1300. The number of piperazine rings is 1. The Hall–Kier alpha value is -3.03. The van der Waals surface area contributed by atoms with Crippen molar-refractivity contribution in [3.63, 3.8) is 0 Å². The first-order chi connectivity index (χ1) is 15.0. The summed E-state index contributed by atoms with van der Waals surface area (Å²) in [7, 11) is 0. The molecule has 2 aromatic heterocycles. The van der Waals surface area contributed by atoms with Gasteiger partial charge >= 0.3 is 6.03 Å². The lowest BCUT2D eigenvalue weighted by atomic mass is 10.2. The largest absolute Gasteiger partial charge is 0.351 e. The summed E-state index contributed by atoms with van der Waals surface area (Å²) < 4.78 is 15.4. The molecule has 2 aromatic carbocycles. The van der Waals surface area contributed by atoms with Crippen LogP contribution in [0.3, 0.4) is 0 Å². The van der Waals surface area contributed by atoms with Gasteiger partial charge in [0.05, 0.1) is 21.6 Å². The predicted molar refractivity (Wildman–Crippen MR) is 122 cm³/mol. The van der Waals surface area contributed by atoms with Crippen LogP contribution in [0.2, 0.25) is 10.0 Å². The molecule has 9 heteroatoms. The van der Waals surface area contributed by atoms with Crippen LogP contribution in [0.5, 0.6) is 0 Å². The molecule has 0 spiro atoms. The second-order valence-corrected chi connectivity index (χ2v) is 8.21. The van der Waals surface area contributed by atoms with E-state index in [1.165, 1.54) is 18.2 Å². The summed E-state index contributed by atoms with van der Waals surface area (Å²) in [5.41, 5.74) is 3.28. The summed E-state index contributed by atoms with van der Waals surface area (Å²) in [5.74, 6) is 0.347. The monoisotopic (exact) mass is 457 g/mol. The molecule has 158 valence electrons. The highest BCUT2D eigenvalue weighted by molar-refractivity contribution is 6.31. The standard InChI is InChI=1S/C22H18Cl2FN5O/c23-14-3-6-19-18(12-14)27-21(20-2-1-7-30(19)20)28-8-10-29(11-9-28)22(31)26-15-4-5-17(25)16(24)13-15/h1-7,12-13H,8-11H2,(H,26,31). The van der Waals surface area contributed by atoms with Crippen LogP contribution in [-0.2, 0) is 0 Å². The first kappa shape index (κ1) is 19.9. The number of nitrogens with zero attached hydrogens (tertiary/aromatic N) is 4. The number of halogens is 3. The van der Waals surface area contributed by atoms with Crippen LogP contribution in [0.25, 0.3) is 16.6 Å². The molecule has 1 aliphatic heterocycles. The summed E-state index contributed by atoms with van der Waals surface area (Å²) in [6, 6.07) is 13.6. The van der Waals surface area contributed by atoms with Crippen molar-refractivity contribution >= 4 is 57.3 Å². The van der Waals surface area contributed by atoms with Crippen LogP contribution in [0.15, 0.2) is 54.7 Å². The number of rotatable bonds is 2. The predicted octanol–water partition coefficient (Wildman–Crippen LogP) is 5.29. The first-order valence-corrected chi connectivity index (χ1v) is 10.6. The minimum absolute atomic E-state index is 0.0266. The minimum atomic E-state index is -0.519. The molecule has 4 aromatic rings. The molecule has 0 radical (unpaired) electrons. The zero-order chi connectivity index (χ0) is 21.5. The number of fused-ring (bicyclic) bond motifs is 3. The maximum atomic E-state index is 13.3. The number of hydrogen-bond donors (Lipinski definition) is 1. The molecule has 0 bridgehead atoms. The molecule has 1 N–H and O–H groups in total. The number of anilines is 2. The highest BCUT2D eigenvalue weighted by Gasteiger charge is 2.24. The smallest absolute Gasteiger partial charge is 0.321 e. The average Bonchev–Trinajstić information content (AvgIpc) is 3.26. The van der Waals surface area contributed by atoms with E-state index in [9.17, 15) is 9.18 Å². The van der Waals surface area contributed by atoms with Gasteiger partial charge in [0.25, 0.3) is 0 Å². The highest BCUT2D eigenvalue weighted by Crippen LogP contribution is 2.28. The Labute approximate surface area is 187 Å². The maximum absolute atomic E-state index is 13.3. The molecule has 0 unspecified atom stereocenters. The maximum Gasteiger partial charge on any atom is 0.321 e. The van der Waals surface area contributed by atoms with Crippen LogP contribution in [0.4, 0.5) is 20.7 Å². The molecule has 3 heterocycles. The van der Waals surface area contributed by atoms with Gasteiger partial charge in [-0.05, 0) is 48.5 Å². The zero-order valence-corrected chi connectivity index (χ0v) is 17.9. The van der Waals surface area contributed by atoms with Gasteiger partial charge in [0.15, 0.2) is 5.82 Å². The number of carbonyl (C=O) groups is 1. The van der Waals surface area contributed by atoms with Gasteiger partial charge in [0.1, 0.15) is 5.82 Å². The number of urea groups is 1. The lowest BCUT2D eigenvalue weighted by Crippen LogP contribution is -2.50. The molecule has 5 rings (SSSR count). The fraction of sp³-hybridized carbons (Fsp3) is 0.182. The van der Waals surface area contributed by atoms with Crippen LogP contribution in [0.1, 0.15) is 0 Å². The molecule has 6 nitrogen and oxygen atoms in total. The highest BCUT2D eigenvalue weighted by atomic mass is 35.5. The van der Waals surface area contributed by atoms with Gasteiger partial charge < -0.3 is 19.5 Å². The Morgan fingerprint density at radius 2 is 1.81 bits per heavy atom. The van der Waals surface area contributed by atoms with Gasteiger partial charge in [-0.25, -0.2) is 14.2 Å². The molecule has 1 fully saturated rings. The van der Waals surface area contributed by atoms with E-state index in [4.69, 9.17) is 28.2 Å². The van der Waals surface area contributed by atoms with Crippen LogP contribution in [0, 0.1) is 5.82 Å². The van der Waals surface area contributed by atoms with Gasteiger partial charge in [-0.2, -0.15) is 0 Å². The van der Waals surface area contributed by atoms with Gasteiger partial charge in [0, 0.05) is 43.1 Å². The van der Waals surface area contributed by atoms with Crippen molar-refractivity contribution in [3.8, 4) is 0 Å². The van der Waals surface area contributed by atoms with E-state index in [1.807, 2.05) is 36.5 Å². The van der Waals surface area contributed by atoms with Crippen molar-refractivity contribution in [2.45, 2.75) is 0 Å². The van der Waals surface area contributed by atoms with Gasteiger partial charge in [-0.15, -0.1) is 0 Å². The number of amides is 2. The van der Waals surface area contributed by atoms with Crippen molar-refractivity contribution in [2.75, 3.05) is 36.4 Å². The van der Waals surface area contributed by atoms with Gasteiger partial charge in [0.2, 0.25) is 0 Å². The van der Waals surface area contributed by atoms with Crippen molar-refractivity contribution < 1.29 is 9.18 Å². The number of nitrogens with one attached hydrogen (secondary N) is 1. The normalized spacial score (nSPS) is 14.4. The van der Waals surface area contributed by atoms with Crippen LogP contribution < -0.4 is 10.2 Å². The summed E-state index contributed by atoms with van der Waals surface area (Å²) in [4.78, 5) is 21.4. The molecule has 2 amide bonds. The third kappa shape index (κ3) is 3.75. The topological polar surface area (TPSA) is 52.9 Å². The molecule has 0 aliphatic carbocycles. The molecular weight excluding hydrogens is 440 g/mol. The molecule has 31 heavy (non-hydrogen) atoms.